The van der Waals surface area contributed by atoms with Gasteiger partial charge in [0.2, 0.25) is 5.91 Å². The van der Waals surface area contributed by atoms with E-state index in [1.807, 2.05) is 66.9 Å². The van der Waals surface area contributed by atoms with Crippen LogP contribution in [0.15, 0.2) is 53.7 Å². The molecule has 2 aromatic carbocycles. The van der Waals surface area contributed by atoms with E-state index in [0.29, 0.717) is 16.7 Å². The fourth-order valence-corrected chi connectivity index (χ4v) is 3.95. The predicted octanol–water partition coefficient (Wildman–Crippen LogP) is 4.60. The second kappa shape index (κ2) is 9.80. The molecule has 3 aromatic rings. The molecule has 1 atom stereocenters. The van der Waals surface area contributed by atoms with Crippen molar-refractivity contribution in [2.75, 3.05) is 12.9 Å². The minimum Gasteiger partial charge on any atom is -0.496 e. The molecule has 1 amide bonds. The Morgan fingerprint density at radius 3 is 2.62 bits per heavy atom. The third-order valence-electron chi connectivity index (χ3n) is 4.45. The maximum absolute atomic E-state index is 12.5. The third kappa shape index (κ3) is 5.10. The number of methoxy groups -OCH3 is 1. The highest BCUT2D eigenvalue weighted by Gasteiger charge is 2.17. The monoisotopic (exact) mass is 430 g/mol. The summed E-state index contributed by atoms with van der Waals surface area (Å²) < 4.78 is 7.36. The number of ether oxygens (including phenoxy) is 1. The molecule has 1 unspecified atom stereocenters. The Hall–Kier alpha value is -2.51. The lowest BCUT2D eigenvalue weighted by Gasteiger charge is -2.17. The summed E-state index contributed by atoms with van der Waals surface area (Å²) in [7, 11) is 1.62. The fourth-order valence-electron chi connectivity index (χ4n) is 3.01. The van der Waals surface area contributed by atoms with Crippen LogP contribution in [0.2, 0.25) is 5.02 Å². The largest absolute Gasteiger partial charge is 0.496 e. The molecule has 0 aliphatic heterocycles. The Bertz CT molecular complexity index is 975. The molecule has 0 bridgehead atoms. The van der Waals surface area contributed by atoms with E-state index in [1.165, 1.54) is 11.8 Å². The smallest absolute Gasteiger partial charge is 0.230 e. The van der Waals surface area contributed by atoms with Crippen molar-refractivity contribution in [3.63, 3.8) is 0 Å². The summed E-state index contributed by atoms with van der Waals surface area (Å²) in [6, 6.07) is 15.0. The van der Waals surface area contributed by atoms with Crippen LogP contribution in [0.4, 0.5) is 0 Å². The molecule has 0 fully saturated rings. The first-order valence-corrected chi connectivity index (χ1v) is 10.6. The number of carbonyl (C=O) groups is 1. The minimum absolute atomic E-state index is 0.0768. The van der Waals surface area contributed by atoms with E-state index in [4.69, 9.17) is 16.3 Å². The van der Waals surface area contributed by atoms with Crippen molar-refractivity contribution >= 4 is 29.3 Å². The van der Waals surface area contributed by atoms with Gasteiger partial charge >= 0.3 is 0 Å². The molecular weight excluding hydrogens is 408 g/mol. The van der Waals surface area contributed by atoms with Crippen LogP contribution in [0.1, 0.15) is 25.5 Å². The second-order valence-corrected chi connectivity index (χ2v) is 7.76. The Labute approximate surface area is 179 Å². The molecule has 0 aliphatic carbocycles. The topological polar surface area (TPSA) is 69.0 Å². The van der Waals surface area contributed by atoms with E-state index in [0.717, 1.165) is 22.7 Å². The van der Waals surface area contributed by atoms with Gasteiger partial charge in [-0.05, 0) is 44.2 Å². The molecule has 0 saturated heterocycles. The summed E-state index contributed by atoms with van der Waals surface area (Å²) in [5.41, 5.74) is 1.87. The molecule has 0 aliphatic rings. The average molecular weight is 431 g/mol. The summed E-state index contributed by atoms with van der Waals surface area (Å²) in [5, 5.41) is 13.0. The highest BCUT2D eigenvalue weighted by molar-refractivity contribution is 7.99. The van der Waals surface area contributed by atoms with Crippen LogP contribution in [0.3, 0.4) is 0 Å². The Morgan fingerprint density at radius 2 is 1.93 bits per heavy atom. The van der Waals surface area contributed by atoms with E-state index in [9.17, 15) is 4.79 Å². The van der Waals surface area contributed by atoms with Crippen molar-refractivity contribution in [2.24, 2.45) is 0 Å². The van der Waals surface area contributed by atoms with Crippen LogP contribution < -0.4 is 10.1 Å². The van der Waals surface area contributed by atoms with Crippen LogP contribution >= 0.6 is 23.4 Å². The van der Waals surface area contributed by atoms with Gasteiger partial charge in [0, 0.05) is 22.7 Å². The second-order valence-electron chi connectivity index (χ2n) is 6.38. The quantitative estimate of drug-likeness (QED) is 0.529. The number of hydrogen-bond donors (Lipinski definition) is 1. The van der Waals surface area contributed by atoms with Gasteiger partial charge in [-0.15, -0.1) is 10.2 Å². The number of nitrogens with one attached hydrogen (secondary N) is 1. The SMILES string of the molecule is CCn1c(SCC(=O)NC(C)c2ccccc2OC)nnc1-c1ccc(Cl)cc1. The van der Waals surface area contributed by atoms with Crippen molar-refractivity contribution < 1.29 is 9.53 Å². The first-order valence-electron chi connectivity index (χ1n) is 9.27. The molecule has 152 valence electrons. The van der Waals surface area contributed by atoms with Gasteiger partial charge in [-0.1, -0.05) is 41.6 Å². The van der Waals surface area contributed by atoms with Gasteiger partial charge in [-0.3, -0.25) is 4.79 Å². The molecule has 0 radical (unpaired) electrons. The number of nitrogens with zero attached hydrogens (tertiary/aromatic N) is 3. The molecule has 0 saturated carbocycles. The van der Waals surface area contributed by atoms with E-state index in [1.54, 1.807) is 7.11 Å². The molecule has 8 heteroatoms. The maximum Gasteiger partial charge on any atom is 0.230 e. The summed E-state index contributed by atoms with van der Waals surface area (Å²) in [5.74, 6) is 1.69. The third-order valence-corrected chi connectivity index (χ3v) is 5.67. The van der Waals surface area contributed by atoms with Gasteiger partial charge in [0.25, 0.3) is 0 Å². The van der Waals surface area contributed by atoms with Crippen LogP contribution in [-0.2, 0) is 11.3 Å². The zero-order valence-corrected chi connectivity index (χ0v) is 18.1. The Morgan fingerprint density at radius 1 is 1.21 bits per heavy atom. The lowest BCUT2D eigenvalue weighted by atomic mass is 10.1. The molecule has 0 spiro atoms. The van der Waals surface area contributed by atoms with Crippen molar-refractivity contribution in [2.45, 2.75) is 31.6 Å². The number of halogens is 1. The van der Waals surface area contributed by atoms with Gasteiger partial charge in [-0.2, -0.15) is 0 Å². The van der Waals surface area contributed by atoms with Crippen LogP contribution in [-0.4, -0.2) is 33.5 Å². The molecular formula is C21H23ClN4O2S. The summed E-state index contributed by atoms with van der Waals surface area (Å²) >= 11 is 7.33. The Balaban J connectivity index is 1.65. The lowest BCUT2D eigenvalue weighted by Crippen LogP contribution is -2.28. The van der Waals surface area contributed by atoms with Gasteiger partial charge in [0.15, 0.2) is 11.0 Å². The van der Waals surface area contributed by atoms with Gasteiger partial charge in [0.05, 0.1) is 18.9 Å². The van der Waals surface area contributed by atoms with Crippen molar-refractivity contribution in [3.05, 3.63) is 59.1 Å². The van der Waals surface area contributed by atoms with Crippen molar-refractivity contribution in [1.29, 1.82) is 0 Å². The number of amides is 1. The number of rotatable bonds is 8. The molecule has 1 aromatic heterocycles. The number of benzene rings is 2. The van der Waals surface area contributed by atoms with E-state index < -0.39 is 0 Å². The fraction of sp³-hybridized carbons (Fsp3) is 0.286. The first-order chi connectivity index (χ1) is 14.0. The number of aromatic nitrogens is 3. The number of hydrogen-bond acceptors (Lipinski definition) is 5. The van der Waals surface area contributed by atoms with E-state index in [-0.39, 0.29) is 17.7 Å². The van der Waals surface area contributed by atoms with Crippen LogP contribution in [0.5, 0.6) is 5.75 Å². The van der Waals surface area contributed by atoms with Gasteiger partial charge in [-0.25, -0.2) is 0 Å². The lowest BCUT2D eigenvalue weighted by molar-refractivity contribution is -0.119. The number of thioether (sulfide) groups is 1. The van der Waals surface area contributed by atoms with Crippen molar-refractivity contribution in [3.8, 4) is 17.1 Å². The Kier molecular flexibility index (Phi) is 7.17. The average Bonchev–Trinajstić information content (AvgIpc) is 3.15. The highest BCUT2D eigenvalue weighted by Crippen LogP contribution is 2.26. The van der Waals surface area contributed by atoms with Gasteiger partial charge < -0.3 is 14.6 Å². The highest BCUT2D eigenvalue weighted by atomic mass is 35.5. The zero-order chi connectivity index (χ0) is 20.8. The van der Waals surface area contributed by atoms with E-state index >= 15 is 0 Å². The summed E-state index contributed by atoms with van der Waals surface area (Å²) in [4.78, 5) is 12.5. The summed E-state index contributed by atoms with van der Waals surface area (Å²) in [6.45, 7) is 4.66. The van der Waals surface area contributed by atoms with Crippen LogP contribution in [0.25, 0.3) is 11.4 Å². The predicted molar refractivity (Wildman–Crippen MR) is 116 cm³/mol. The van der Waals surface area contributed by atoms with Crippen LogP contribution in [0, 0.1) is 0 Å². The number of para-hydroxylation sites is 1. The normalized spacial score (nSPS) is 11.9. The summed E-state index contributed by atoms with van der Waals surface area (Å²) in [6.07, 6.45) is 0. The molecule has 29 heavy (non-hydrogen) atoms. The molecule has 1 heterocycles. The van der Waals surface area contributed by atoms with E-state index in [2.05, 4.69) is 15.5 Å². The first kappa shape index (κ1) is 21.2. The van der Waals surface area contributed by atoms with Crippen molar-refractivity contribution in [1.82, 2.24) is 20.1 Å². The standard InChI is InChI=1S/C21H23ClN4O2S/c1-4-26-20(15-9-11-16(22)12-10-15)24-25-21(26)29-13-19(27)23-14(2)17-7-5-6-8-18(17)28-3/h5-12,14H,4,13H2,1-3H3,(H,23,27). The number of carbonyl (C=O) groups excluding carboxylic acids is 1. The minimum atomic E-state index is -0.159. The zero-order valence-electron chi connectivity index (χ0n) is 16.6. The molecule has 3 rings (SSSR count). The molecule has 1 N–H and O–H groups in total. The maximum atomic E-state index is 12.5. The van der Waals surface area contributed by atoms with Gasteiger partial charge in [0.1, 0.15) is 5.75 Å². The molecule has 6 nitrogen and oxygen atoms in total.